The van der Waals surface area contributed by atoms with Crippen LogP contribution in [0.25, 0.3) is 22.2 Å². The SMILES string of the molecule is CC(=O)NCc1ccc(-c2noc(-c3ccc(F)cc3F)n2)s1. The summed E-state index contributed by atoms with van der Waals surface area (Å²) in [6.45, 7) is 1.86. The number of amides is 1. The lowest BCUT2D eigenvalue weighted by molar-refractivity contribution is -0.119. The molecule has 1 N–H and O–H groups in total. The van der Waals surface area contributed by atoms with Gasteiger partial charge < -0.3 is 9.84 Å². The summed E-state index contributed by atoms with van der Waals surface area (Å²) in [5.41, 5.74) is 0.0418. The molecule has 0 saturated heterocycles. The molecule has 0 unspecified atom stereocenters. The maximum Gasteiger partial charge on any atom is 0.261 e. The van der Waals surface area contributed by atoms with E-state index in [0.717, 1.165) is 21.9 Å². The lowest BCUT2D eigenvalue weighted by atomic mass is 10.2. The summed E-state index contributed by atoms with van der Waals surface area (Å²) in [4.78, 5) is 16.7. The Balaban J connectivity index is 1.83. The fraction of sp³-hybridized carbons (Fsp3) is 0.133. The Kier molecular flexibility index (Phi) is 4.16. The number of hydrogen-bond donors (Lipinski definition) is 1. The van der Waals surface area contributed by atoms with Crippen molar-refractivity contribution in [2.45, 2.75) is 13.5 Å². The maximum absolute atomic E-state index is 13.7. The van der Waals surface area contributed by atoms with E-state index in [9.17, 15) is 13.6 Å². The van der Waals surface area contributed by atoms with Crippen molar-refractivity contribution in [3.63, 3.8) is 0 Å². The molecule has 2 heterocycles. The van der Waals surface area contributed by atoms with Crippen molar-refractivity contribution in [2.24, 2.45) is 0 Å². The lowest BCUT2D eigenvalue weighted by Crippen LogP contribution is -2.17. The van der Waals surface area contributed by atoms with Crippen LogP contribution in [0.3, 0.4) is 0 Å². The molecule has 2 aromatic heterocycles. The third kappa shape index (κ3) is 3.42. The molecule has 0 fully saturated rings. The van der Waals surface area contributed by atoms with E-state index in [2.05, 4.69) is 15.5 Å². The highest BCUT2D eigenvalue weighted by atomic mass is 32.1. The molecule has 3 aromatic rings. The summed E-state index contributed by atoms with van der Waals surface area (Å²) in [5.74, 6) is -1.27. The van der Waals surface area contributed by atoms with Crippen molar-refractivity contribution in [2.75, 3.05) is 0 Å². The van der Waals surface area contributed by atoms with Crippen LogP contribution in [0.5, 0.6) is 0 Å². The first-order valence-corrected chi connectivity index (χ1v) is 7.47. The van der Waals surface area contributed by atoms with E-state index in [-0.39, 0.29) is 17.4 Å². The molecule has 0 atom stereocenters. The van der Waals surface area contributed by atoms with Gasteiger partial charge in [0.2, 0.25) is 11.7 Å². The van der Waals surface area contributed by atoms with E-state index in [1.807, 2.05) is 6.07 Å². The van der Waals surface area contributed by atoms with Gasteiger partial charge in [-0.15, -0.1) is 11.3 Å². The standard InChI is InChI=1S/C15H11F2N3O2S/c1-8(21)18-7-10-3-5-13(23-10)14-19-15(22-20-14)11-4-2-9(16)6-12(11)17/h2-6H,7H2,1H3,(H,18,21). The van der Waals surface area contributed by atoms with Crippen LogP contribution in [0.1, 0.15) is 11.8 Å². The summed E-state index contributed by atoms with van der Waals surface area (Å²) in [6.07, 6.45) is 0. The molecule has 0 aliphatic carbocycles. The van der Waals surface area contributed by atoms with E-state index in [0.29, 0.717) is 12.4 Å². The molecule has 1 aromatic carbocycles. The number of rotatable bonds is 4. The van der Waals surface area contributed by atoms with Crippen molar-refractivity contribution in [3.05, 3.63) is 46.8 Å². The number of carbonyl (C=O) groups is 1. The zero-order chi connectivity index (χ0) is 16.4. The Hall–Kier alpha value is -2.61. The van der Waals surface area contributed by atoms with Crippen LogP contribution in [-0.4, -0.2) is 16.0 Å². The minimum atomic E-state index is -0.766. The maximum atomic E-state index is 13.7. The minimum absolute atomic E-state index is 0.0192. The predicted octanol–water partition coefficient (Wildman–Crippen LogP) is 3.38. The molecule has 0 aliphatic heterocycles. The van der Waals surface area contributed by atoms with Crippen molar-refractivity contribution < 1.29 is 18.1 Å². The molecule has 0 bridgehead atoms. The highest BCUT2D eigenvalue weighted by molar-refractivity contribution is 7.15. The van der Waals surface area contributed by atoms with Gasteiger partial charge in [0.05, 0.1) is 17.0 Å². The average Bonchev–Trinajstić information content (AvgIpc) is 3.14. The van der Waals surface area contributed by atoms with Crippen molar-refractivity contribution in [3.8, 4) is 22.2 Å². The Bertz CT molecular complexity index is 860. The fourth-order valence-corrected chi connectivity index (χ4v) is 2.77. The molecule has 3 rings (SSSR count). The molecule has 0 spiro atoms. The zero-order valence-corrected chi connectivity index (χ0v) is 12.8. The number of benzene rings is 1. The Morgan fingerprint density at radius 2 is 2.13 bits per heavy atom. The van der Waals surface area contributed by atoms with Crippen molar-refractivity contribution >= 4 is 17.2 Å². The molecule has 1 amide bonds. The summed E-state index contributed by atoms with van der Waals surface area (Å²) >= 11 is 1.39. The predicted molar refractivity (Wildman–Crippen MR) is 80.5 cm³/mol. The third-order valence-corrected chi connectivity index (χ3v) is 4.06. The van der Waals surface area contributed by atoms with Gasteiger partial charge in [-0.1, -0.05) is 5.16 Å². The van der Waals surface area contributed by atoms with Crippen LogP contribution >= 0.6 is 11.3 Å². The Morgan fingerprint density at radius 3 is 2.87 bits per heavy atom. The van der Waals surface area contributed by atoms with Gasteiger partial charge in [-0.3, -0.25) is 4.79 Å². The average molecular weight is 335 g/mol. The summed E-state index contributed by atoms with van der Waals surface area (Å²) in [6, 6.07) is 6.76. The van der Waals surface area contributed by atoms with Crippen LogP contribution in [0.2, 0.25) is 0 Å². The van der Waals surface area contributed by atoms with Crippen LogP contribution < -0.4 is 5.32 Å². The molecule has 8 heteroatoms. The van der Waals surface area contributed by atoms with E-state index in [1.54, 1.807) is 6.07 Å². The van der Waals surface area contributed by atoms with Crippen molar-refractivity contribution in [1.29, 1.82) is 0 Å². The van der Waals surface area contributed by atoms with Gasteiger partial charge in [-0.25, -0.2) is 8.78 Å². The smallest absolute Gasteiger partial charge is 0.261 e. The Labute approximate surface area is 134 Å². The van der Waals surface area contributed by atoms with Gasteiger partial charge in [-0.2, -0.15) is 4.98 Å². The van der Waals surface area contributed by atoms with E-state index in [1.165, 1.54) is 24.3 Å². The molecule has 0 saturated carbocycles. The van der Waals surface area contributed by atoms with Crippen LogP contribution in [-0.2, 0) is 11.3 Å². The molecule has 118 valence electrons. The normalized spacial score (nSPS) is 10.7. The second-order valence-electron chi connectivity index (χ2n) is 4.72. The van der Waals surface area contributed by atoms with Crippen molar-refractivity contribution in [1.82, 2.24) is 15.5 Å². The van der Waals surface area contributed by atoms with Gasteiger partial charge in [0.1, 0.15) is 11.6 Å². The fourth-order valence-electron chi connectivity index (χ4n) is 1.90. The van der Waals surface area contributed by atoms with Gasteiger partial charge >= 0.3 is 0 Å². The second-order valence-corrected chi connectivity index (χ2v) is 5.89. The number of hydrogen-bond acceptors (Lipinski definition) is 5. The first-order valence-electron chi connectivity index (χ1n) is 6.65. The van der Waals surface area contributed by atoms with E-state index in [4.69, 9.17) is 4.52 Å². The van der Waals surface area contributed by atoms with Crippen LogP contribution in [0, 0.1) is 11.6 Å². The highest BCUT2D eigenvalue weighted by Gasteiger charge is 2.16. The van der Waals surface area contributed by atoms with Gasteiger partial charge in [0, 0.05) is 17.9 Å². The largest absolute Gasteiger partial charge is 0.351 e. The van der Waals surface area contributed by atoms with E-state index >= 15 is 0 Å². The molecule has 23 heavy (non-hydrogen) atoms. The second kappa shape index (κ2) is 6.25. The highest BCUT2D eigenvalue weighted by Crippen LogP contribution is 2.29. The number of nitrogens with one attached hydrogen (secondary N) is 1. The van der Waals surface area contributed by atoms with Crippen LogP contribution in [0.15, 0.2) is 34.9 Å². The number of halogens is 2. The summed E-state index contributed by atoms with van der Waals surface area (Å²) in [7, 11) is 0. The van der Waals surface area contributed by atoms with Gasteiger partial charge in [0.15, 0.2) is 0 Å². The first-order chi connectivity index (χ1) is 11.0. The summed E-state index contributed by atoms with van der Waals surface area (Å²) in [5, 5.41) is 6.50. The molecular formula is C15H11F2N3O2S. The number of aromatic nitrogens is 2. The minimum Gasteiger partial charge on any atom is -0.351 e. The van der Waals surface area contributed by atoms with E-state index < -0.39 is 11.6 Å². The number of carbonyl (C=O) groups excluding carboxylic acids is 1. The number of nitrogens with zero attached hydrogens (tertiary/aromatic N) is 2. The van der Waals surface area contributed by atoms with Gasteiger partial charge in [0.25, 0.3) is 5.89 Å². The third-order valence-electron chi connectivity index (χ3n) is 2.98. The monoisotopic (exact) mass is 335 g/mol. The number of thiophene rings is 1. The molecule has 0 radical (unpaired) electrons. The molecular weight excluding hydrogens is 324 g/mol. The lowest BCUT2D eigenvalue weighted by Gasteiger charge is -1.97. The quantitative estimate of drug-likeness (QED) is 0.794. The first kappa shape index (κ1) is 15.3. The van der Waals surface area contributed by atoms with Gasteiger partial charge in [-0.05, 0) is 24.3 Å². The Morgan fingerprint density at radius 1 is 1.30 bits per heavy atom. The molecule has 0 aliphatic rings. The zero-order valence-electron chi connectivity index (χ0n) is 12.0. The molecule has 5 nitrogen and oxygen atoms in total. The topological polar surface area (TPSA) is 68.0 Å². The van der Waals surface area contributed by atoms with Crippen LogP contribution in [0.4, 0.5) is 8.78 Å². The summed E-state index contributed by atoms with van der Waals surface area (Å²) < 4.78 is 31.7.